The van der Waals surface area contributed by atoms with Gasteiger partial charge in [0.05, 0.1) is 10.6 Å². The third-order valence-corrected chi connectivity index (χ3v) is 6.10. The van der Waals surface area contributed by atoms with Gasteiger partial charge < -0.3 is 4.90 Å². The van der Waals surface area contributed by atoms with E-state index in [9.17, 15) is 13.2 Å². The molecular formula is C17H25NO3S. The predicted molar refractivity (Wildman–Crippen MR) is 87.4 cm³/mol. The highest BCUT2D eigenvalue weighted by Gasteiger charge is 2.25. The van der Waals surface area contributed by atoms with Gasteiger partial charge in [0.15, 0.2) is 9.84 Å². The Hall–Kier alpha value is -1.36. The van der Waals surface area contributed by atoms with E-state index in [0.29, 0.717) is 17.5 Å². The molecule has 0 heterocycles. The second-order valence-corrected chi connectivity index (χ2v) is 7.96. The van der Waals surface area contributed by atoms with Crippen molar-refractivity contribution in [2.75, 3.05) is 12.3 Å². The van der Waals surface area contributed by atoms with Crippen LogP contribution in [0.2, 0.25) is 0 Å². The molecule has 0 aromatic heterocycles. The van der Waals surface area contributed by atoms with E-state index in [4.69, 9.17) is 0 Å². The lowest BCUT2D eigenvalue weighted by Crippen LogP contribution is -2.41. The second kappa shape index (κ2) is 7.77. The van der Waals surface area contributed by atoms with E-state index in [0.717, 1.165) is 25.7 Å². The Morgan fingerprint density at radius 3 is 2.36 bits per heavy atom. The lowest BCUT2D eigenvalue weighted by atomic mass is 9.94. The minimum atomic E-state index is -3.38. The van der Waals surface area contributed by atoms with Gasteiger partial charge in [-0.15, -0.1) is 0 Å². The van der Waals surface area contributed by atoms with Crippen molar-refractivity contribution in [3.05, 3.63) is 30.3 Å². The largest absolute Gasteiger partial charge is 0.340 e. The highest BCUT2D eigenvalue weighted by molar-refractivity contribution is 7.91. The van der Waals surface area contributed by atoms with Crippen LogP contribution in [0.15, 0.2) is 35.2 Å². The lowest BCUT2D eigenvalue weighted by molar-refractivity contribution is -0.133. The Morgan fingerprint density at radius 1 is 1.14 bits per heavy atom. The maximum atomic E-state index is 12.4. The van der Waals surface area contributed by atoms with Crippen LogP contribution in [0.25, 0.3) is 0 Å². The Kier molecular flexibility index (Phi) is 6.00. The molecule has 4 nitrogen and oxygen atoms in total. The molecule has 0 atom stereocenters. The molecular weight excluding hydrogens is 298 g/mol. The molecule has 0 radical (unpaired) electrons. The molecule has 22 heavy (non-hydrogen) atoms. The number of hydrogen-bond donors (Lipinski definition) is 0. The highest BCUT2D eigenvalue weighted by atomic mass is 32.2. The zero-order valence-electron chi connectivity index (χ0n) is 13.2. The van der Waals surface area contributed by atoms with Crippen molar-refractivity contribution in [1.82, 2.24) is 4.90 Å². The van der Waals surface area contributed by atoms with Crippen LogP contribution >= 0.6 is 0 Å². The van der Waals surface area contributed by atoms with E-state index in [1.807, 2.05) is 11.8 Å². The quantitative estimate of drug-likeness (QED) is 0.808. The first-order valence-electron chi connectivity index (χ1n) is 8.12. The SMILES string of the molecule is CCN(C(=O)CCS(=O)(=O)c1ccccc1)C1CCCCC1. The Bertz CT molecular complexity index is 577. The molecule has 0 saturated heterocycles. The number of benzene rings is 1. The standard InChI is InChI=1S/C17H25NO3S/c1-2-18(15-9-5-3-6-10-15)17(19)13-14-22(20,21)16-11-7-4-8-12-16/h4,7-8,11-12,15H,2-3,5-6,9-10,13-14H2,1H3. The van der Waals surface area contributed by atoms with Gasteiger partial charge in [-0.25, -0.2) is 8.42 Å². The molecule has 0 N–H and O–H groups in total. The summed E-state index contributed by atoms with van der Waals surface area (Å²) in [5, 5.41) is 0. The lowest BCUT2D eigenvalue weighted by Gasteiger charge is -2.33. The monoisotopic (exact) mass is 323 g/mol. The van der Waals surface area contributed by atoms with Crippen molar-refractivity contribution in [2.24, 2.45) is 0 Å². The van der Waals surface area contributed by atoms with Gasteiger partial charge in [0, 0.05) is 19.0 Å². The van der Waals surface area contributed by atoms with Crippen LogP contribution < -0.4 is 0 Å². The van der Waals surface area contributed by atoms with Crippen molar-refractivity contribution >= 4 is 15.7 Å². The fraction of sp³-hybridized carbons (Fsp3) is 0.588. The third-order valence-electron chi connectivity index (χ3n) is 4.36. The molecule has 2 rings (SSSR count). The zero-order valence-corrected chi connectivity index (χ0v) is 14.0. The summed E-state index contributed by atoms with van der Waals surface area (Å²) in [5.41, 5.74) is 0. The smallest absolute Gasteiger partial charge is 0.223 e. The molecule has 122 valence electrons. The summed E-state index contributed by atoms with van der Waals surface area (Å²) in [6, 6.07) is 8.65. The van der Waals surface area contributed by atoms with Crippen molar-refractivity contribution in [2.45, 2.75) is 56.4 Å². The molecule has 1 aromatic rings. The molecule has 0 spiro atoms. The first-order chi connectivity index (χ1) is 10.5. The molecule has 0 unspecified atom stereocenters. The van der Waals surface area contributed by atoms with E-state index in [-0.39, 0.29) is 18.1 Å². The van der Waals surface area contributed by atoms with Crippen LogP contribution in [0.5, 0.6) is 0 Å². The molecule has 1 saturated carbocycles. The molecule has 1 amide bonds. The van der Waals surface area contributed by atoms with Crippen LogP contribution in [0, 0.1) is 0 Å². The first-order valence-corrected chi connectivity index (χ1v) is 9.77. The number of amides is 1. The minimum absolute atomic E-state index is 0.0334. The Balaban J connectivity index is 1.96. The highest BCUT2D eigenvalue weighted by Crippen LogP contribution is 2.23. The average molecular weight is 323 g/mol. The van der Waals surface area contributed by atoms with Crippen molar-refractivity contribution in [3.8, 4) is 0 Å². The van der Waals surface area contributed by atoms with Gasteiger partial charge in [0.25, 0.3) is 0 Å². The number of carbonyl (C=O) groups is 1. The summed E-state index contributed by atoms with van der Waals surface area (Å²) in [6.45, 7) is 2.63. The predicted octanol–water partition coefficient (Wildman–Crippen LogP) is 3.03. The first kappa shape index (κ1) is 17.0. The molecule has 1 aliphatic carbocycles. The van der Waals surface area contributed by atoms with E-state index in [2.05, 4.69) is 0 Å². The van der Waals surface area contributed by atoms with Gasteiger partial charge in [-0.05, 0) is 31.9 Å². The fourth-order valence-electron chi connectivity index (χ4n) is 3.14. The number of nitrogens with zero attached hydrogens (tertiary/aromatic N) is 1. The van der Waals surface area contributed by atoms with Crippen LogP contribution in [0.4, 0.5) is 0 Å². The summed E-state index contributed by atoms with van der Waals surface area (Å²) < 4.78 is 24.5. The van der Waals surface area contributed by atoms with Crippen LogP contribution in [-0.2, 0) is 14.6 Å². The van der Waals surface area contributed by atoms with Gasteiger partial charge in [0.1, 0.15) is 0 Å². The summed E-state index contributed by atoms with van der Waals surface area (Å²) in [4.78, 5) is 14.6. The Labute approximate surface area is 133 Å². The average Bonchev–Trinajstić information content (AvgIpc) is 2.56. The minimum Gasteiger partial charge on any atom is -0.340 e. The summed E-state index contributed by atoms with van der Waals surface area (Å²) in [6.07, 6.45) is 5.73. The molecule has 1 fully saturated rings. The van der Waals surface area contributed by atoms with Gasteiger partial charge in [-0.1, -0.05) is 37.5 Å². The van der Waals surface area contributed by atoms with E-state index >= 15 is 0 Å². The summed E-state index contributed by atoms with van der Waals surface area (Å²) >= 11 is 0. The van der Waals surface area contributed by atoms with Gasteiger partial charge in [-0.3, -0.25) is 4.79 Å². The van der Waals surface area contributed by atoms with Gasteiger partial charge >= 0.3 is 0 Å². The zero-order chi connectivity index (χ0) is 16.0. The van der Waals surface area contributed by atoms with Crippen molar-refractivity contribution in [3.63, 3.8) is 0 Å². The van der Waals surface area contributed by atoms with Gasteiger partial charge in [-0.2, -0.15) is 0 Å². The maximum Gasteiger partial charge on any atom is 0.223 e. The second-order valence-electron chi connectivity index (χ2n) is 5.85. The van der Waals surface area contributed by atoms with E-state index in [1.165, 1.54) is 6.42 Å². The summed E-state index contributed by atoms with van der Waals surface area (Å²) in [5.74, 6) is -0.145. The molecule has 5 heteroatoms. The number of hydrogen-bond acceptors (Lipinski definition) is 3. The fourth-order valence-corrected chi connectivity index (χ4v) is 4.39. The topological polar surface area (TPSA) is 54.5 Å². The molecule has 1 aliphatic rings. The molecule has 1 aromatic carbocycles. The third kappa shape index (κ3) is 4.32. The molecule has 0 aliphatic heterocycles. The van der Waals surface area contributed by atoms with Crippen LogP contribution in [-0.4, -0.2) is 37.6 Å². The van der Waals surface area contributed by atoms with Crippen molar-refractivity contribution in [1.29, 1.82) is 0 Å². The maximum absolute atomic E-state index is 12.4. The number of sulfone groups is 1. The van der Waals surface area contributed by atoms with E-state index < -0.39 is 9.84 Å². The van der Waals surface area contributed by atoms with Crippen molar-refractivity contribution < 1.29 is 13.2 Å². The Morgan fingerprint density at radius 2 is 1.77 bits per heavy atom. The van der Waals surface area contributed by atoms with E-state index in [1.54, 1.807) is 30.3 Å². The normalized spacial score (nSPS) is 16.4. The van der Waals surface area contributed by atoms with Crippen LogP contribution in [0.3, 0.4) is 0 Å². The van der Waals surface area contributed by atoms with Crippen LogP contribution in [0.1, 0.15) is 45.4 Å². The summed E-state index contributed by atoms with van der Waals surface area (Å²) in [7, 11) is -3.38. The number of carbonyl (C=O) groups excluding carboxylic acids is 1. The number of rotatable bonds is 6. The van der Waals surface area contributed by atoms with Gasteiger partial charge in [0.2, 0.25) is 5.91 Å². The molecule has 0 bridgehead atoms.